The van der Waals surface area contributed by atoms with Crippen LogP contribution in [-0.4, -0.2) is 30.3 Å². The highest BCUT2D eigenvalue weighted by molar-refractivity contribution is 5.95. The third-order valence-electron chi connectivity index (χ3n) is 5.67. The van der Waals surface area contributed by atoms with Crippen LogP contribution in [0.4, 0.5) is 9.59 Å². The van der Waals surface area contributed by atoms with Gasteiger partial charge in [-0.2, -0.15) is 0 Å². The summed E-state index contributed by atoms with van der Waals surface area (Å²) in [7, 11) is 0. The molecule has 0 fully saturated rings. The summed E-state index contributed by atoms with van der Waals surface area (Å²) in [5, 5.41) is 2.75. The summed E-state index contributed by atoms with van der Waals surface area (Å²) in [6.45, 7) is 5.66. The van der Waals surface area contributed by atoms with Crippen LogP contribution >= 0.6 is 0 Å². The Morgan fingerprint density at radius 1 is 0.778 bits per heavy atom. The fraction of sp³-hybridized carbons (Fsp3) is 0.250. The first-order valence-corrected chi connectivity index (χ1v) is 11.7. The van der Waals surface area contributed by atoms with Crippen LogP contribution in [0.1, 0.15) is 53.7 Å². The molecule has 0 bridgehead atoms. The van der Waals surface area contributed by atoms with E-state index in [1.807, 2.05) is 24.3 Å². The molecule has 0 atom stereocenters. The van der Waals surface area contributed by atoms with Crippen LogP contribution in [0.3, 0.4) is 0 Å². The number of amides is 3. The zero-order chi connectivity index (χ0) is 25.7. The van der Waals surface area contributed by atoms with E-state index in [0.717, 1.165) is 16.7 Å². The summed E-state index contributed by atoms with van der Waals surface area (Å²) in [5.41, 5.74) is 9.62. The minimum Gasteiger partial charge on any atom is -0.449 e. The Kier molecular flexibility index (Phi) is 7.24. The highest BCUT2D eigenvalue weighted by atomic mass is 16.6. The van der Waals surface area contributed by atoms with Gasteiger partial charge in [0.05, 0.1) is 0 Å². The number of hydrogen-bond acceptors (Lipinski definition) is 5. The Labute approximate surface area is 210 Å². The Bertz CT molecular complexity index is 1220. The maximum atomic E-state index is 12.4. The first kappa shape index (κ1) is 24.8. The normalized spacial score (nSPS) is 12.2. The smallest absolute Gasteiger partial charge is 0.426 e. The van der Waals surface area contributed by atoms with Crippen LogP contribution < -0.4 is 16.2 Å². The molecular formula is C28H29N3O5. The van der Waals surface area contributed by atoms with E-state index in [0.29, 0.717) is 5.56 Å². The van der Waals surface area contributed by atoms with Crippen molar-refractivity contribution in [1.29, 1.82) is 0 Å². The Morgan fingerprint density at radius 3 is 1.94 bits per heavy atom. The Hall–Kier alpha value is -4.33. The zero-order valence-corrected chi connectivity index (χ0v) is 20.5. The SMILES string of the molecule is CC(C)(C)OC(=O)NNC(=O)c1ccc(CNC(=O)OCC2c3ccccc3-c3ccccc32)cc1. The van der Waals surface area contributed by atoms with E-state index < -0.39 is 23.7 Å². The van der Waals surface area contributed by atoms with Gasteiger partial charge >= 0.3 is 12.2 Å². The number of nitrogens with one attached hydrogen (secondary N) is 3. The number of fused-ring (bicyclic) bond motifs is 3. The van der Waals surface area contributed by atoms with Crippen LogP contribution in [-0.2, 0) is 16.0 Å². The van der Waals surface area contributed by atoms with Crippen molar-refractivity contribution in [3.05, 3.63) is 95.1 Å². The molecule has 0 radical (unpaired) electrons. The number of alkyl carbamates (subject to hydrolysis) is 1. The van der Waals surface area contributed by atoms with Gasteiger partial charge in [0.1, 0.15) is 12.2 Å². The first-order chi connectivity index (χ1) is 17.2. The number of carbonyl (C=O) groups is 3. The van der Waals surface area contributed by atoms with E-state index in [1.165, 1.54) is 11.1 Å². The van der Waals surface area contributed by atoms with E-state index in [2.05, 4.69) is 40.4 Å². The molecule has 1 aliphatic carbocycles. The van der Waals surface area contributed by atoms with Gasteiger partial charge in [-0.05, 0) is 60.7 Å². The first-order valence-electron chi connectivity index (χ1n) is 11.7. The molecule has 0 saturated heterocycles. The molecule has 0 aromatic heterocycles. The number of hydrogen-bond donors (Lipinski definition) is 3. The third-order valence-corrected chi connectivity index (χ3v) is 5.67. The lowest BCUT2D eigenvalue weighted by molar-refractivity contribution is 0.0483. The summed E-state index contributed by atoms with van der Waals surface area (Å²) in [4.78, 5) is 36.2. The molecule has 1 aliphatic rings. The molecule has 8 heteroatoms. The molecule has 36 heavy (non-hydrogen) atoms. The second-order valence-electron chi connectivity index (χ2n) is 9.46. The van der Waals surface area contributed by atoms with Gasteiger partial charge in [0.25, 0.3) is 5.91 Å². The maximum absolute atomic E-state index is 12.4. The average Bonchev–Trinajstić information content (AvgIpc) is 3.18. The quantitative estimate of drug-likeness (QED) is 0.444. The van der Waals surface area contributed by atoms with Gasteiger partial charge in [-0.15, -0.1) is 0 Å². The second-order valence-corrected chi connectivity index (χ2v) is 9.46. The minimum absolute atomic E-state index is 0.00441. The molecule has 0 heterocycles. The van der Waals surface area contributed by atoms with E-state index >= 15 is 0 Å². The fourth-order valence-electron chi connectivity index (χ4n) is 4.08. The lowest BCUT2D eigenvalue weighted by atomic mass is 9.98. The van der Waals surface area contributed by atoms with Crippen LogP contribution in [0, 0.1) is 0 Å². The predicted molar refractivity (Wildman–Crippen MR) is 135 cm³/mol. The summed E-state index contributed by atoms with van der Waals surface area (Å²) < 4.78 is 10.6. The molecule has 186 valence electrons. The molecule has 3 aromatic rings. The van der Waals surface area contributed by atoms with Gasteiger partial charge < -0.3 is 14.8 Å². The molecular weight excluding hydrogens is 458 g/mol. The molecule has 0 spiro atoms. The minimum atomic E-state index is -0.750. The summed E-state index contributed by atoms with van der Waals surface area (Å²) >= 11 is 0. The third kappa shape index (κ3) is 6.02. The molecule has 3 amide bonds. The highest BCUT2D eigenvalue weighted by Crippen LogP contribution is 2.44. The van der Waals surface area contributed by atoms with Crippen molar-refractivity contribution in [2.45, 2.75) is 38.8 Å². The van der Waals surface area contributed by atoms with Crippen LogP contribution in [0.25, 0.3) is 11.1 Å². The number of benzene rings is 3. The monoisotopic (exact) mass is 487 g/mol. The van der Waals surface area contributed by atoms with Crippen molar-refractivity contribution in [2.75, 3.05) is 6.61 Å². The van der Waals surface area contributed by atoms with Crippen molar-refractivity contribution in [2.24, 2.45) is 0 Å². The summed E-state index contributed by atoms with van der Waals surface area (Å²) in [5.74, 6) is -0.493. The largest absolute Gasteiger partial charge is 0.449 e. The van der Waals surface area contributed by atoms with E-state index in [4.69, 9.17) is 9.47 Å². The molecule has 8 nitrogen and oxygen atoms in total. The maximum Gasteiger partial charge on any atom is 0.426 e. The van der Waals surface area contributed by atoms with Gasteiger partial charge in [-0.3, -0.25) is 10.2 Å². The van der Waals surface area contributed by atoms with Gasteiger partial charge in [0.15, 0.2) is 0 Å². The zero-order valence-electron chi connectivity index (χ0n) is 20.5. The topological polar surface area (TPSA) is 106 Å². The number of ether oxygens (including phenoxy) is 2. The van der Waals surface area contributed by atoms with Gasteiger partial charge in [0, 0.05) is 18.0 Å². The fourth-order valence-corrected chi connectivity index (χ4v) is 4.08. The molecule has 0 aliphatic heterocycles. The summed E-state index contributed by atoms with van der Waals surface area (Å²) in [6.07, 6.45) is -1.26. The van der Waals surface area contributed by atoms with Gasteiger partial charge in [0.2, 0.25) is 0 Å². The van der Waals surface area contributed by atoms with Gasteiger partial charge in [-0.25, -0.2) is 15.0 Å². The van der Waals surface area contributed by atoms with E-state index in [9.17, 15) is 14.4 Å². The Morgan fingerprint density at radius 2 is 1.36 bits per heavy atom. The van der Waals surface area contributed by atoms with E-state index in [1.54, 1.807) is 45.0 Å². The lowest BCUT2D eigenvalue weighted by Gasteiger charge is -2.19. The Balaban J connectivity index is 1.25. The van der Waals surface area contributed by atoms with Crippen LogP contribution in [0.2, 0.25) is 0 Å². The molecule has 4 rings (SSSR count). The van der Waals surface area contributed by atoms with E-state index in [-0.39, 0.29) is 19.1 Å². The average molecular weight is 488 g/mol. The predicted octanol–water partition coefficient (Wildman–Crippen LogP) is 4.89. The van der Waals surface area contributed by atoms with Crippen LogP contribution in [0.5, 0.6) is 0 Å². The summed E-state index contributed by atoms with van der Waals surface area (Å²) in [6, 6.07) is 23.0. The number of rotatable bonds is 5. The van der Waals surface area contributed by atoms with Crippen molar-refractivity contribution < 1.29 is 23.9 Å². The van der Waals surface area contributed by atoms with Crippen molar-refractivity contribution in [1.82, 2.24) is 16.2 Å². The standard InChI is InChI=1S/C28H29N3O5/c1-28(2,3)36-27(34)31-30-25(32)19-14-12-18(13-15-19)16-29-26(33)35-17-24-22-10-6-4-8-20(22)21-9-5-7-11-23(21)24/h4-15,24H,16-17H2,1-3H3,(H,29,33)(H,30,32)(H,31,34). The van der Waals surface area contributed by atoms with Gasteiger partial charge in [-0.1, -0.05) is 60.7 Å². The number of hydrazine groups is 1. The molecule has 3 aromatic carbocycles. The highest BCUT2D eigenvalue weighted by Gasteiger charge is 2.29. The molecule has 0 unspecified atom stereocenters. The van der Waals surface area contributed by atoms with Crippen LogP contribution in [0.15, 0.2) is 72.8 Å². The van der Waals surface area contributed by atoms with Crippen molar-refractivity contribution in [3.8, 4) is 11.1 Å². The lowest BCUT2D eigenvalue weighted by Crippen LogP contribution is -2.44. The second kappa shape index (κ2) is 10.5. The van der Waals surface area contributed by atoms with Crippen molar-refractivity contribution >= 4 is 18.1 Å². The number of carbonyl (C=O) groups excluding carboxylic acids is 3. The molecule has 0 saturated carbocycles. The molecule has 3 N–H and O–H groups in total. The van der Waals surface area contributed by atoms with Crippen molar-refractivity contribution in [3.63, 3.8) is 0 Å².